The van der Waals surface area contributed by atoms with Crippen molar-refractivity contribution in [2.24, 2.45) is 0 Å². The lowest BCUT2D eigenvalue weighted by atomic mass is 10.0. The second-order valence-corrected chi connectivity index (χ2v) is 7.77. The number of carbonyl (C=O) groups excluding carboxylic acids is 2. The van der Waals surface area contributed by atoms with E-state index in [2.05, 4.69) is 10.0 Å². The van der Waals surface area contributed by atoms with Crippen LogP contribution in [0.5, 0.6) is 0 Å². The van der Waals surface area contributed by atoms with Crippen LogP contribution in [0, 0.1) is 0 Å². The maximum atomic E-state index is 12.4. The van der Waals surface area contributed by atoms with E-state index in [4.69, 9.17) is 0 Å². The van der Waals surface area contributed by atoms with Gasteiger partial charge in [-0.05, 0) is 47.5 Å². The summed E-state index contributed by atoms with van der Waals surface area (Å²) in [5.74, 6) is -0.978. The highest BCUT2D eigenvalue weighted by Crippen LogP contribution is 2.20. The molecular weight excluding hydrogens is 376 g/mol. The number of hydrogen-bond acceptors (Lipinski definition) is 4. The molecule has 0 saturated carbocycles. The number of amides is 2. The second kappa shape index (κ2) is 8.06. The van der Waals surface area contributed by atoms with E-state index in [0.717, 1.165) is 11.1 Å². The van der Waals surface area contributed by atoms with Gasteiger partial charge in [0.15, 0.2) is 0 Å². The largest absolute Gasteiger partial charge is 0.326 e. The Morgan fingerprint density at radius 1 is 0.750 bits per heavy atom. The molecule has 0 atom stereocenters. The fourth-order valence-corrected chi connectivity index (χ4v) is 3.58. The Balaban J connectivity index is 1.73. The summed E-state index contributed by atoms with van der Waals surface area (Å²) in [6.45, 7) is 1.36. The average molecular weight is 394 g/mol. The van der Waals surface area contributed by atoms with Gasteiger partial charge in [0.25, 0.3) is 15.9 Å². The highest BCUT2D eigenvalue weighted by Gasteiger charge is 2.18. The standard InChI is InChI=1S/C21H18N2O4S/c1-15(24)22-19-11-13-20(14-12-19)28(26,27)23-21(25)18-9-7-17(8-10-18)16-5-3-2-4-6-16/h2-14H,1H3,(H,22,24)(H,23,25). The predicted molar refractivity (Wildman–Crippen MR) is 107 cm³/mol. The van der Waals surface area contributed by atoms with Gasteiger partial charge in [-0.25, -0.2) is 13.1 Å². The first-order valence-corrected chi connectivity index (χ1v) is 9.94. The van der Waals surface area contributed by atoms with Crippen LogP contribution in [0.2, 0.25) is 0 Å². The van der Waals surface area contributed by atoms with Gasteiger partial charge in [-0.3, -0.25) is 9.59 Å². The van der Waals surface area contributed by atoms with Crippen molar-refractivity contribution in [1.82, 2.24) is 4.72 Å². The molecule has 3 rings (SSSR count). The Kier molecular flexibility index (Phi) is 5.56. The smallest absolute Gasteiger partial charge is 0.264 e. The minimum atomic E-state index is -4.03. The first-order valence-electron chi connectivity index (χ1n) is 8.45. The lowest BCUT2D eigenvalue weighted by Crippen LogP contribution is -2.30. The number of carbonyl (C=O) groups is 2. The Bertz CT molecular complexity index is 1090. The van der Waals surface area contributed by atoms with E-state index in [1.165, 1.54) is 31.2 Å². The highest BCUT2D eigenvalue weighted by atomic mass is 32.2. The summed E-state index contributed by atoms with van der Waals surface area (Å²) in [6, 6.07) is 21.9. The Labute approximate surface area is 163 Å². The Hall–Kier alpha value is -3.45. The molecular formula is C21H18N2O4S. The topological polar surface area (TPSA) is 92.3 Å². The molecule has 2 N–H and O–H groups in total. The molecule has 0 saturated heterocycles. The second-order valence-electron chi connectivity index (χ2n) is 6.08. The van der Waals surface area contributed by atoms with E-state index in [9.17, 15) is 18.0 Å². The molecule has 28 heavy (non-hydrogen) atoms. The summed E-state index contributed by atoms with van der Waals surface area (Å²) in [5.41, 5.74) is 2.63. The third kappa shape index (κ3) is 4.63. The number of rotatable bonds is 5. The molecule has 0 aliphatic carbocycles. The molecule has 7 heteroatoms. The molecule has 3 aromatic carbocycles. The third-order valence-corrected chi connectivity index (χ3v) is 5.31. The van der Waals surface area contributed by atoms with Crippen molar-refractivity contribution < 1.29 is 18.0 Å². The summed E-state index contributed by atoms with van der Waals surface area (Å²) < 4.78 is 26.9. The number of anilines is 1. The van der Waals surface area contributed by atoms with Gasteiger partial charge in [0.05, 0.1) is 4.90 Å². The molecule has 0 aliphatic heterocycles. The van der Waals surface area contributed by atoms with Crippen LogP contribution in [0.25, 0.3) is 11.1 Å². The van der Waals surface area contributed by atoms with Gasteiger partial charge in [-0.15, -0.1) is 0 Å². The molecule has 0 unspecified atom stereocenters. The van der Waals surface area contributed by atoms with Crippen LogP contribution < -0.4 is 10.0 Å². The molecule has 0 aromatic heterocycles. The zero-order valence-corrected chi connectivity index (χ0v) is 15.9. The lowest BCUT2D eigenvalue weighted by molar-refractivity contribution is -0.114. The first-order chi connectivity index (χ1) is 13.3. The van der Waals surface area contributed by atoms with Crippen LogP contribution in [0.4, 0.5) is 5.69 Å². The van der Waals surface area contributed by atoms with Gasteiger partial charge in [-0.1, -0.05) is 42.5 Å². The number of nitrogens with one attached hydrogen (secondary N) is 2. The van der Waals surface area contributed by atoms with Gasteiger partial charge < -0.3 is 5.32 Å². The fraction of sp³-hybridized carbons (Fsp3) is 0.0476. The van der Waals surface area contributed by atoms with Crippen molar-refractivity contribution in [1.29, 1.82) is 0 Å². The van der Waals surface area contributed by atoms with Gasteiger partial charge in [0.1, 0.15) is 0 Å². The van der Waals surface area contributed by atoms with Crippen LogP contribution >= 0.6 is 0 Å². The highest BCUT2D eigenvalue weighted by molar-refractivity contribution is 7.90. The van der Waals surface area contributed by atoms with E-state index in [-0.39, 0.29) is 16.4 Å². The zero-order chi connectivity index (χ0) is 20.1. The molecule has 3 aromatic rings. The van der Waals surface area contributed by atoms with Crippen molar-refractivity contribution in [3.05, 3.63) is 84.4 Å². The molecule has 0 aliphatic rings. The summed E-state index contributed by atoms with van der Waals surface area (Å²) in [4.78, 5) is 23.3. The van der Waals surface area contributed by atoms with Crippen LogP contribution in [-0.2, 0) is 14.8 Å². The predicted octanol–water partition coefficient (Wildman–Crippen LogP) is 3.43. The molecule has 0 heterocycles. The number of hydrogen-bond donors (Lipinski definition) is 2. The first kappa shape index (κ1) is 19.3. The maximum absolute atomic E-state index is 12.4. The molecule has 6 nitrogen and oxygen atoms in total. The SMILES string of the molecule is CC(=O)Nc1ccc(S(=O)(=O)NC(=O)c2ccc(-c3ccccc3)cc2)cc1. The van der Waals surface area contributed by atoms with E-state index >= 15 is 0 Å². The molecule has 142 valence electrons. The van der Waals surface area contributed by atoms with Gasteiger partial charge >= 0.3 is 0 Å². The summed E-state index contributed by atoms with van der Waals surface area (Å²) in [5, 5.41) is 2.55. The normalized spacial score (nSPS) is 10.9. The molecule has 0 spiro atoms. The van der Waals surface area contributed by atoms with Crippen LogP contribution in [0.15, 0.2) is 83.8 Å². The molecule has 0 radical (unpaired) electrons. The molecule has 0 bridgehead atoms. The van der Waals surface area contributed by atoms with Crippen molar-refractivity contribution in [3.63, 3.8) is 0 Å². The monoisotopic (exact) mass is 394 g/mol. The van der Waals surface area contributed by atoms with Gasteiger partial charge in [0, 0.05) is 18.2 Å². The Morgan fingerprint density at radius 2 is 1.32 bits per heavy atom. The van der Waals surface area contributed by atoms with Crippen molar-refractivity contribution in [2.75, 3.05) is 5.32 Å². The Morgan fingerprint density at radius 3 is 1.89 bits per heavy atom. The summed E-state index contributed by atoms with van der Waals surface area (Å²) in [7, 11) is -4.03. The van der Waals surface area contributed by atoms with E-state index < -0.39 is 15.9 Å². The lowest BCUT2D eigenvalue weighted by Gasteiger charge is -2.09. The van der Waals surface area contributed by atoms with E-state index in [1.54, 1.807) is 24.3 Å². The summed E-state index contributed by atoms with van der Waals surface area (Å²) in [6.07, 6.45) is 0. The molecule has 2 amide bonds. The van der Waals surface area contributed by atoms with Crippen LogP contribution in [-0.4, -0.2) is 20.2 Å². The van der Waals surface area contributed by atoms with Gasteiger partial charge in [0.2, 0.25) is 5.91 Å². The van der Waals surface area contributed by atoms with Crippen LogP contribution in [0.1, 0.15) is 17.3 Å². The van der Waals surface area contributed by atoms with Crippen molar-refractivity contribution >= 4 is 27.5 Å². The van der Waals surface area contributed by atoms with E-state index in [1.807, 2.05) is 30.3 Å². The third-order valence-electron chi connectivity index (χ3n) is 3.97. The summed E-state index contributed by atoms with van der Waals surface area (Å²) >= 11 is 0. The van der Waals surface area contributed by atoms with Crippen molar-refractivity contribution in [2.45, 2.75) is 11.8 Å². The van der Waals surface area contributed by atoms with E-state index in [0.29, 0.717) is 5.69 Å². The minimum absolute atomic E-state index is 0.0733. The quantitative estimate of drug-likeness (QED) is 0.693. The van der Waals surface area contributed by atoms with Crippen LogP contribution in [0.3, 0.4) is 0 Å². The van der Waals surface area contributed by atoms with Crippen molar-refractivity contribution in [3.8, 4) is 11.1 Å². The molecule has 0 fully saturated rings. The average Bonchev–Trinajstić information content (AvgIpc) is 2.68. The number of benzene rings is 3. The zero-order valence-electron chi connectivity index (χ0n) is 15.0. The minimum Gasteiger partial charge on any atom is -0.326 e. The number of sulfonamides is 1. The maximum Gasteiger partial charge on any atom is 0.264 e. The fourth-order valence-electron chi connectivity index (χ4n) is 2.61. The van der Waals surface area contributed by atoms with Gasteiger partial charge in [-0.2, -0.15) is 0 Å².